The predicted octanol–water partition coefficient (Wildman–Crippen LogP) is 1.80. The number of aryl methyl sites for hydroxylation is 2. The van der Waals surface area contributed by atoms with Crippen LogP contribution in [0, 0.1) is 0 Å². The van der Waals surface area contributed by atoms with Crippen LogP contribution in [0.2, 0.25) is 0 Å². The second-order valence-corrected chi connectivity index (χ2v) is 4.04. The van der Waals surface area contributed by atoms with E-state index in [1.165, 1.54) is 18.5 Å². The minimum atomic E-state index is -0.756. The molecule has 0 amide bonds. The molecule has 4 heteroatoms. The van der Waals surface area contributed by atoms with Gasteiger partial charge in [-0.1, -0.05) is 0 Å². The molecule has 0 atom stereocenters. The van der Waals surface area contributed by atoms with E-state index in [2.05, 4.69) is 18.1 Å². The zero-order chi connectivity index (χ0) is 10.8. The predicted molar refractivity (Wildman–Crippen MR) is 55.8 cm³/mol. The summed E-state index contributed by atoms with van der Waals surface area (Å²) in [4.78, 5) is 10.4. The summed E-state index contributed by atoms with van der Waals surface area (Å²) in [6.07, 6.45) is 3.22. The Morgan fingerprint density at radius 3 is 2.93 bits per heavy atom. The van der Waals surface area contributed by atoms with Gasteiger partial charge in [0.15, 0.2) is 0 Å². The molecule has 1 aromatic rings. The molecule has 4 nitrogen and oxygen atoms in total. The van der Waals surface area contributed by atoms with Crippen LogP contribution in [0.1, 0.15) is 43.5 Å². The first kappa shape index (κ1) is 10.2. The van der Waals surface area contributed by atoms with Gasteiger partial charge in [0.05, 0.1) is 12.1 Å². The van der Waals surface area contributed by atoms with E-state index < -0.39 is 5.97 Å². The minimum absolute atomic E-state index is 0.171. The first-order valence-electron chi connectivity index (χ1n) is 5.49. The summed E-state index contributed by atoms with van der Waals surface area (Å²) in [7, 11) is 0. The number of hydrogen-bond donors (Lipinski definition) is 1. The van der Waals surface area contributed by atoms with Gasteiger partial charge in [0, 0.05) is 24.6 Å². The normalized spacial score (nSPS) is 15.5. The van der Waals surface area contributed by atoms with Crippen LogP contribution in [0.4, 0.5) is 0 Å². The fraction of sp³-hybridized carbons (Fsp3) is 0.636. The molecule has 1 aromatic heterocycles. The number of rotatable bonds is 5. The van der Waals surface area contributed by atoms with Crippen molar-refractivity contribution in [3.63, 3.8) is 0 Å². The summed E-state index contributed by atoms with van der Waals surface area (Å²) >= 11 is 0. The van der Waals surface area contributed by atoms with E-state index in [0.29, 0.717) is 12.3 Å². The monoisotopic (exact) mass is 208 g/mol. The lowest BCUT2D eigenvalue weighted by Gasteiger charge is -2.00. The molecular formula is C11H16N2O2. The lowest BCUT2D eigenvalue weighted by atomic mass is 10.2. The Bertz CT molecular complexity index is 367. The maximum Gasteiger partial charge on any atom is 0.303 e. The first-order chi connectivity index (χ1) is 7.20. The molecule has 0 aromatic carbocycles. The second kappa shape index (κ2) is 4.04. The summed E-state index contributed by atoms with van der Waals surface area (Å²) in [5, 5.41) is 13.0. The van der Waals surface area contributed by atoms with Crippen LogP contribution in [0.15, 0.2) is 6.07 Å². The Balaban J connectivity index is 2.08. The average Bonchev–Trinajstić information content (AvgIpc) is 2.96. The van der Waals surface area contributed by atoms with Crippen LogP contribution in [0.25, 0.3) is 0 Å². The van der Waals surface area contributed by atoms with Crippen molar-refractivity contribution in [1.82, 2.24) is 9.78 Å². The summed E-state index contributed by atoms with van der Waals surface area (Å²) in [6, 6.07) is 2.07. The van der Waals surface area contributed by atoms with Crippen molar-refractivity contribution in [3.8, 4) is 0 Å². The zero-order valence-corrected chi connectivity index (χ0v) is 8.94. The van der Waals surface area contributed by atoms with Crippen molar-refractivity contribution in [2.24, 2.45) is 0 Å². The molecule has 0 saturated heterocycles. The number of aliphatic carboxylic acids is 1. The summed E-state index contributed by atoms with van der Waals surface area (Å²) in [6.45, 7) is 2.94. The third-order valence-electron chi connectivity index (χ3n) is 2.75. The highest BCUT2D eigenvalue weighted by molar-refractivity contribution is 5.66. The lowest BCUT2D eigenvalue weighted by molar-refractivity contribution is -0.136. The van der Waals surface area contributed by atoms with Gasteiger partial charge in [-0.15, -0.1) is 0 Å². The van der Waals surface area contributed by atoms with Gasteiger partial charge in [-0.25, -0.2) is 0 Å². The van der Waals surface area contributed by atoms with E-state index in [1.54, 1.807) is 0 Å². The average molecular weight is 208 g/mol. The molecule has 0 spiro atoms. The first-order valence-corrected chi connectivity index (χ1v) is 5.49. The van der Waals surface area contributed by atoms with Gasteiger partial charge in [-0.2, -0.15) is 5.10 Å². The van der Waals surface area contributed by atoms with E-state index in [4.69, 9.17) is 5.11 Å². The molecule has 1 fully saturated rings. The van der Waals surface area contributed by atoms with Crippen molar-refractivity contribution in [2.75, 3.05) is 0 Å². The van der Waals surface area contributed by atoms with Crippen LogP contribution >= 0.6 is 0 Å². The van der Waals surface area contributed by atoms with Gasteiger partial charge in [0.25, 0.3) is 0 Å². The van der Waals surface area contributed by atoms with Crippen molar-refractivity contribution < 1.29 is 9.90 Å². The third-order valence-corrected chi connectivity index (χ3v) is 2.75. The highest BCUT2D eigenvalue weighted by Gasteiger charge is 2.27. The molecule has 1 aliphatic carbocycles. The molecule has 2 rings (SSSR count). The minimum Gasteiger partial charge on any atom is -0.481 e. The highest BCUT2D eigenvalue weighted by Crippen LogP contribution is 2.40. The topological polar surface area (TPSA) is 55.1 Å². The number of nitrogens with zero attached hydrogens (tertiary/aromatic N) is 2. The van der Waals surface area contributed by atoms with Gasteiger partial charge >= 0.3 is 5.97 Å². The van der Waals surface area contributed by atoms with Gasteiger partial charge in [0.1, 0.15) is 0 Å². The third kappa shape index (κ3) is 2.37. The van der Waals surface area contributed by atoms with Gasteiger partial charge in [-0.3, -0.25) is 9.48 Å². The van der Waals surface area contributed by atoms with Gasteiger partial charge < -0.3 is 5.11 Å². The summed E-state index contributed by atoms with van der Waals surface area (Å²) in [5.41, 5.74) is 2.21. The van der Waals surface area contributed by atoms with Crippen molar-refractivity contribution >= 4 is 5.97 Å². The van der Waals surface area contributed by atoms with Crippen molar-refractivity contribution in [2.45, 2.75) is 45.1 Å². The van der Waals surface area contributed by atoms with Crippen LogP contribution in [-0.4, -0.2) is 20.9 Å². The largest absolute Gasteiger partial charge is 0.481 e. The summed E-state index contributed by atoms with van der Waals surface area (Å²) in [5.74, 6) is -0.0787. The number of hydrogen-bond acceptors (Lipinski definition) is 2. The quantitative estimate of drug-likeness (QED) is 0.802. The Morgan fingerprint density at radius 2 is 2.40 bits per heavy atom. The number of carbonyl (C=O) groups is 1. The van der Waals surface area contributed by atoms with Crippen molar-refractivity contribution in [1.29, 1.82) is 0 Å². The smallest absolute Gasteiger partial charge is 0.303 e. The molecule has 0 bridgehead atoms. The van der Waals surface area contributed by atoms with E-state index in [0.717, 1.165) is 12.2 Å². The molecule has 1 saturated carbocycles. The fourth-order valence-electron chi connectivity index (χ4n) is 1.81. The molecule has 0 unspecified atom stereocenters. The Morgan fingerprint density at radius 1 is 1.67 bits per heavy atom. The number of carboxylic acids is 1. The summed E-state index contributed by atoms with van der Waals surface area (Å²) < 4.78 is 2.01. The van der Waals surface area contributed by atoms with E-state index in [1.807, 2.05) is 4.68 Å². The second-order valence-electron chi connectivity index (χ2n) is 4.04. The molecule has 1 aliphatic rings. The maximum atomic E-state index is 10.4. The Labute approximate surface area is 88.9 Å². The molecule has 15 heavy (non-hydrogen) atoms. The van der Waals surface area contributed by atoms with Gasteiger partial charge in [-0.05, 0) is 25.8 Å². The molecular weight excluding hydrogens is 192 g/mol. The van der Waals surface area contributed by atoms with Crippen LogP contribution in [0.3, 0.4) is 0 Å². The number of carboxylic acid groups (broad SMARTS) is 1. The van der Waals surface area contributed by atoms with E-state index in [9.17, 15) is 4.79 Å². The van der Waals surface area contributed by atoms with Crippen LogP contribution in [-0.2, 0) is 17.8 Å². The zero-order valence-electron chi connectivity index (χ0n) is 8.94. The Kier molecular flexibility index (Phi) is 2.75. The Hall–Kier alpha value is -1.32. The lowest BCUT2D eigenvalue weighted by Crippen LogP contribution is -2.02. The van der Waals surface area contributed by atoms with Crippen LogP contribution < -0.4 is 0 Å². The molecule has 0 aliphatic heterocycles. The fourth-order valence-corrected chi connectivity index (χ4v) is 1.81. The van der Waals surface area contributed by atoms with Crippen LogP contribution in [0.5, 0.6) is 0 Å². The van der Waals surface area contributed by atoms with Crippen molar-refractivity contribution in [3.05, 3.63) is 17.5 Å². The molecule has 0 radical (unpaired) electrons. The van der Waals surface area contributed by atoms with E-state index in [-0.39, 0.29) is 6.42 Å². The van der Waals surface area contributed by atoms with Gasteiger partial charge in [0.2, 0.25) is 0 Å². The maximum absolute atomic E-state index is 10.4. The highest BCUT2D eigenvalue weighted by atomic mass is 16.4. The molecule has 82 valence electrons. The SMILES string of the molecule is CCn1nc(CCC(=O)O)cc1C1CC1. The standard InChI is InChI=1S/C11H16N2O2/c1-2-13-10(8-3-4-8)7-9(12-13)5-6-11(14)15/h7-8H,2-6H2,1H3,(H,14,15). The number of aromatic nitrogens is 2. The molecule has 1 N–H and O–H groups in total. The van der Waals surface area contributed by atoms with E-state index >= 15 is 0 Å². The molecule has 1 heterocycles.